The molecule has 2 aliphatic rings. The molecule has 2 aromatic carbocycles. The molecule has 1 aromatic heterocycles. The van der Waals surface area contributed by atoms with Crippen molar-refractivity contribution < 1.29 is 9.59 Å². The van der Waals surface area contributed by atoms with Crippen LogP contribution in [0.25, 0.3) is 0 Å². The van der Waals surface area contributed by atoms with E-state index in [1.54, 1.807) is 0 Å². The average molecular weight is 513 g/mol. The number of fused-ring (bicyclic) bond motifs is 7. The van der Waals surface area contributed by atoms with Gasteiger partial charge in [-0.2, -0.15) is 0 Å². The number of rotatable bonds is 2. The van der Waals surface area contributed by atoms with Crippen LogP contribution in [-0.4, -0.2) is 39.1 Å². The monoisotopic (exact) mass is 512 g/mol. The third kappa shape index (κ3) is 6.55. The van der Waals surface area contributed by atoms with Gasteiger partial charge in [-0.15, -0.1) is 0 Å². The molecule has 1 saturated heterocycles. The standard InChI is InChI=1S/C30H36N6O2/c1-20(2)12-23-15-27(37)26-10-5-11-36(26)18-22-7-4-9-25(14-22)35-29-16-28(32-19-33-29)34-24-8-3-6-21(13-24)17-31-30(23)38/h3-4,6-9,13-14,16,19-20,23,26H,5,10-12,15,17-18H2,1-2H3,(H,31,38)(H2,32,33,34,35)/t23-,26+/m1/s1. The summed E-state index contributed by atoms with van der Waals surface area (Å²) < 4.78 is 0. The van der Waals surface area contributed by atoms with Crippen molar-refractivity contribution in [2.75, 3.05) is 17.2 Å². The van der Waals surface area contributed by atoms with E-state index >= 15 is 0 Å². The molecule has 6 bridgehead atoms. The molecule has 198 valence electrons. The van der Waals surface area contributed by atoms with Crippen LogP contribution in [0.2, 0.25) is 0 Å². The van der Waals surface area contributed by atoms with Crippen molar-refractivity contribution in [1.29, 1.82) is 0 Å². The predicted molar refractivity (Wildman–Crippen MR) is 149 cm³/mol. The maximum atomic E-state index is 13.5. The average Bonchev–Trinajstić information content (AvgIpc) is 3.35. The van der Waals surface area contributed by atoms with Crippen LogP contribution >= 0.6 is 0 Å². The van der Waals surface area contributed by atoms with Crippen molar-refractivity contribution in [2.24, 2.45) is 11.8 Å². The first-order valence-electron chi connectivity index (χ1n) is 13.5. The van der Waals surface area contributed by atoms with Crippen LogP contribution in [0.5, 0.6) is 0 Å². The summed E-state index contributed by atoms with van der Waals surface area (Å²) in [5.41, 5.74) is 3.90. The summed E-state index contributed by atoms with van der Waals surface area (Å²) in [6, 6.07) is 17.8. The van der Waals surface area contributed by atoms with E-state index in [1.807, 2.05) is 42.5 Å². The Morgan fingerprint density at radius 3 is 2.34 bits per heavy atom. The molecule has 0 unspecified atom stereocenters. The fourth-order valence-electron chi connectivity index (χ4n) is 5.48. The predicted octanol–water partition coefficient (Wildman–Crippen LogP) is 5.18. The second kappa shape index (κ2) is 11.7. The van der Waals surface area contributed by atoms with E-state index in [2.05, 4.69) is 56.8 Å². The Bertz CT molecular complexity index is 1290. The summed E-state index contributed by atoms with van der Waals surface area (Å²) >= 11 is 0. The fourth-order valence-corrected chi connectivity index (χ4v) is 5.48. The number of benzene rings is 2. The van der Waals surface area contributed by atoms with Gasteiger partial charge in [0.15, 0.2) is 5.78 Å². The summed E-state index contributed by atoms with van der Waals surface area (Å²) in [6.45, 7) is 6.18. The molecule has 2 atom stereocenters. The Kier molecular flexibility index (Phi) is 7.98. The molecule has 0 spiro atoms. The van der Waals surface area contributed by atoms with Gasteiger partial charge in [0, 0.05) is 42.9 Å². The number of hydrogen-bond acceptors (Lipinski definition) is 7. The quantitative estimate of drug-likeness (QED) is 0.435. The number of nitrogens with one attached hydrogen (secondary N) is 3. The Morgan fingerprint density at radius 2 is 1.63 bits per heavy atom. The Morgan fingerprint density at radius 1 is 0.947 bits per heavy atom. The van der Waals surface area contributed by atoms with Crippen molar-refractivity contribution >= 4 is 34.7 Å². The molecule has 0 aliphatic carbocycles. The molecular formula is C30H36N6O2. The lowest BCUT2D eigenvalue weighted by molar-refractivity contribution is -0.132. The van der Waals surface area contributed by atoms with Crippen molar-refractivity contribution in [1.82, 2.24) is 20.2 Å². The van der Waals surface area contributed by atoms with Gasteiger partial charge in [0.1, 0.15) is 18.0 Å². The molecule has 3 heterocycles. The Labute approximate surface area is 224 Å². The fraction of sp³-hybridized carbons (Fsp3) is 0.400. The first-order valence-corrected chi connectivity index (χ1v) is 13.5. The van der Waals surface area contributed by atoms with E-state index < -0.39 is 0 Å². The summed E-state index contributed by atoms with van der Waals surface area (Å²) in [7, 11) is 0. The van der Waals surface area contributed by atoms with Crippen LogP contribution in [0.3, 0.4) is 0 Å². The molecule has 3 aromatic rings. The van der Waals surface area contributed by atoms with Crippen LogP contribution in [0.1, 0.15) is 50.7 Å². The molecule has 3 N–H and O–H groups in total. The van der Waals surface area contributed by atoms with Crippen LogP contribution in [0.4, 0.5) is 23.0 Å². The summed E-state index contributed by atoms with van der Waals surface area (Å²) in [5.74, 6) is 1.47. The lowest BCUT2D eigenvalue weighted by Gasteiger charge is -2.26. The topological polar surface area (TPSA) is 99.2 Å². The first kappa shape index (κ1) is 25.9. The summed E-state index contributed by atoms with van der Waals surface area (Å²) in [5, 5.41) is 9.81. The van der Waals surface area contributed by atoms with Crippen molar-refractivity contribution in [3.05, 3.63) is 72.1 Å². The lowest BCUT2D eigenvalue weighted by Crippen LogP contribution is -2.39. The first-order chi connectivity index (χ1) is 18.4. The Balaban J connectivity index is 1.46. The zero-order valence-corrected chi connectivity index (χ0v) is 22.1. The third-order valence-corrected chi connectivity index (χ3v) is 7.23. The largest absolute Gasteiger partial charge is 0.352 e. The van der Waals surface area contributed by atoms with E-state index in [0.717, 1.165) is 41.9 Å². The van der Waals surface area contributed by atoms with Gasteiger partial charge in [-0.25, -0.2) is 9.97 Å². The van der Waals surface area contributed by atoms with Crippen LogP contribution < -0.4 is 16.0 Å². The van der Waals surface area contributed by atoms with Gasteiger partial charge >= 0.3 is 0 Å². The number of Topliss-reactive ketones (excluding diaryl/α,β-unsaturated/α-hetero) is 1. The van der Waals surface area contributed by atoms with Gasteiger partial charge in [0.2, 0.25) is 5.91 Å². The molecule has 0 radical (unpaired) electrons. The van der Waals surface area contributed by atoms with E-state index in [9.17, 15) is 9.59 Å². The van der Waals surface area contributed by atoms with Crippen LogP contribution in [-0.2, 0) is 22.7 Å². The minimum atomic E-state index is -0.330. The molecule has 8 nitrogen and oxygen atoms in total. The smallest absolute Gasteiger partial charge is 0.223 e. The molecule has 1 amide bonds. The van der Waals surface area contributed by atoms with Gasteiger partial charge in [0.25, 0.3) is 0 Å². The zero-order chi connectivity index (χ0) is 26.5. The van der Waals surface area contributed by atoms with Gasteiger partial charge in [-0.05, 0) is 67.1 Å². The number of aromatic nitrogens is 2. The van der Waals surface area contributed by atoms with E-state index in [1.165, 1.54) is 6.33 Å². The Hall–Kier alpha value is -3.78. The number of carbonyl (C=O) groups excluding carboxylic acids is 2. The zero-order valence-electron chi connectivity index (χ0n) is 22.1. The third-order valence-electron chi connectivity index (χ3n) is 7.23. The minimum absolute atomic E-state index is 0.0522. The summed E-state index contributed by atoms with van der Waals surface area (Å²) in [6.07, 6.45) is 4.33. The minimum Gasteiger partial charge on any atom is -0.352 e. The maximum absolute atomic E-state index is 13.5. The van der Waals surface area contributed by atoms with Crippen LogP contribution in [0.15, 0.2) is 60.9 Å². The second-order valence-corrected chi connectivity index (χ2v) is 10.8. The number of nitrogens with zero attached hydrogens (tertiary/aromatic N) is 3. The van der Waals surface area contributed by atoms with Gasteiger partial charge in [-0.3, -0.25) is 14.5 Å². The van der Waals surface area contributed by atoms with Crippen molar-refractivity contribution in [3.8, 4) is 0 Å². The summed E-state index contributed by atoms with van der Waals surface area (Å²) in [4.78, 5) is 37.8. The highest BCUT2D eigenvalue weighted by Crippen LogP contribution is 2.27. The number of anilines is 4. The number of ketones is 1. The lowest BCUT2D eigenvalue weighted by atomic mass is 9.89. The highest BCUT2D eigenvalue weighted by molar-refractivity contribution is 5.90. The van der Waals surface area contributed by atoms with Crippen LogP contribution in [0, 0.1) is 11.8 Å². The van der Waals surface area contributed by atoms with Gasteiger partial charge < -0.3 is 16.0 Å². The molecular weight excluding hydrogens is 476 g/mol. The normalized spacial score (nSPS) is 20.7. The number of amides is 1. The highest BCUT2D eigenvalue weighted by atomic mass is 16.2. The van der Waals surface area contributed by atoms with Crippen molar-refractivity contribution in [2.45, 2.75) is 58.7 Å². The molecule has 8 heteroatoms. The SMILES string of the molecule is CC(C)C[C@@H]1CC(=O)[C@@H]2CCCN2Cc2cccc(c2)Nc2cc(ncn2)Nc2cccc(c2)CNC1=O. The molecule has 5 rings (SSSR count). The van der Waals surface area contributed by atoms with E-state index in [4.69, 9.17) is 0 Å². The van der Waals surface area contributed by atoms with E-state index in [-0.39, 0.29) is 30.1 Å². The molecule has 0 saturated carbocycles. The van der Waals surface area contributed by atoms with Crippen molar-refractivity contribution in [3.63, 3.8) is 0 Å². The van der Waals surface area contributed by atoms with E-state index in [0.29, 0.717) is 37.1 Å². The molecule has 38 heavy (non-hydrogen) atoms. The van der Waals surface area contributed by atoms with Gasteiger partial charge in [0.05, 0.1) is 6.04 Å². The molecule has 2 aliphatic heterocycles. The van der Waals surface area contributed by atoms with Gasteiger partial charge in [-0.1, -0.05) is 38.1 Å². The number of hydrogen-bond donors (Lipinski definition) is 3. The maximum Gasteiger partial charge on any atom is 0.223 e. The second-order valence-electron chi connectivity index (χ2n) is 10.8. The number of carbonyl (C=O) groups is 2. The highest BCUT2D eigenvalue weighted by Gasteiger charge is 2.33. The molecule has 1 fully saturated rings.